The molecule has 0 aliphatic heterocycles. The second-order valence-corrected chi connectivity index (χ2v) is 3.67. The molecular formula is C12H13F3O3. The highest BCUT2D eigenvalue weighted by atomic mass is 19.4. The number of alkyl halides is 3. The van der Waals surface area contributed by atoms with E-state index in [1.165, 1.54) is 12.1 Å². The Bertz CT molecular complexity index is 402. The van der Waals surface area contributed by atoms with E-state index in [-0.39, 0.29) is 18.6 Å². The molecule has 0 aliphatic carbocycles. The van der Waals surface area contributed by atoms with E-state index in [0.29, 0.717) is 6.42 Å². The summed E-state index contributed by atoms with van der Waals surface area (Å²) in [5.74, 6) is -0.538. The Morgan fingerprint density at radius 3 is 2.67 bits per heavy atom. The minimum absolute atomic E-state index is 0.209. The number of benzene rings is 1. The highest BCUT2D eigenvalue weighted by Gasteiger charge is 2.30. The van der Waals surface area contributed by atoms with Gasteiger partial charge in [-0.05, 0) is 24.1 Å². The van der Waals surface area contributed by atoms with Crippen molar-refractivity contribution >= 4 is 5.97 Å². The van der Waals surface area contributed by atoms with Crippen LogP contribution in [-0.2, 0) is 27.4 Å². The summed E-state index contributed by atoms with van der Waals surface area (Å²) < 4.78 is 37.2. The molecule has 0 atom stereocenters. The summed E-state index contributed by atoms with van der Waals surface area (Å²) in [5.41, 5.74) is -0.474. The molecule has 0 radical (unpaired) electrons. The highest BCUT2D eigenvalue weighted by molar-refractivity contribution is 5.68. The summed E-state index contributed by atoms with van der Waals surface area (Å²) in [5, 5.41) is 0. The largest absolute Gasteiger partial charge is 0.416 e. The summed E-state index contributed by atoms with van der Waals surface area (Å²) in [7, 11) is 0. The molecule has 0 N–H and O–H groups in total. The summed E-state index contributed by atoms with van der Waals surface area (Å²) in [6.45, 7) is 1.59. The first-order chi connectivity index (χ1) is 8.43. The monoisotopic (exact) mass is 262 g/mol. The van der Waals surface area contributed by atoms with Crippen LogP contribution in [0.4, 0.5) is 13.2 Å². The van der Waals surface area contributed by atoms with Gasteiger partial charge in [-0.3, -0.25) is 4.89 Å². The molecule has 0 heterocycles. The van der Waals surface area contributed by atoms with Crippen molar-refractivity contribution in [3.8, 4) is 0 Å². The van der Waals surface area contributed by atoms with Crippen molar-refractivity contribution in [2.24, 2.45) is 0 Å². The van der Waals surface area contributed by atoms with E-state index in [2.05, 4.69) is 9.78 Å². The predicted octanol–water partition coefficient (Wildman–Crippen LogP) is 3.48. The molecule has 0 amide bonds. The van der Waals surface area contributed by atoms with Gasteiger partial charge < -0.3 is 0 Å². The van der Waals surface area contributed by atoms with Crippen molar-refractivity contribution in [1.82, 2.24) is 0 Å². The zero-order valence-electron chi connectivity index (χ0n) is 9.79. The van der Waals surface area contributed by atoms with Crippen LogP contribution in [-0.4, -0.2) is 5.97 Å². The molecule has 0 aliphatic rings. The SMILES string of the molecule is CCCC(=O)OOCc1cccc(C(F)(F)F)c1. The Morgan fingerprint density at radius 1 is 1.33 bits per heavy atom. The van der Waals surface area contributed by atoms with E-state index < -0.39 is 17.7 Å². The number of carbonyl (C=O) groups is 1. The molecule has 0 saturated carbocycles. The minimum atomic E-state index is -4.39. The van der Waals surface area contributed by atoms with Crippen LogP contribution < -0.4 is 0 Å². The van der Waals surface area contributed by atoms with Crippen LogP contribution >= 0.6 is 0 Å². The van der Waals surface area contributed by atoms with Crippen molar-refractivity contribution in [2.75, 3.05) is 0 Å². The molecule has 0 bridgehead atoms. The van der Waals surface area contributed by atoms with Gasteiger partial charge in [0.05, 0.1) is 5.56 Å². The molecule has 1 aromatic rings. The quantitative estimate of drug-likeness (QED) is 0.602. The molecule has 0 saturated heterocycles. The lowest BCUT2D eigenvalue weighted by atomic mass is 10.1. The smallest absolute Gasteiger partial charge is 0.298 e. The van der Waals surface area contributed by atoms with Gasteiger partial charge in [-0.1, -0.05) is 19.1 Å². The van der Waals surface area contributed by atoms with E-state index in [9.17, 15) is 18.0 Å². The second-order valence-electron chi connectivity index (χ2n) is 3.67. The van der Waals surface area contributed by atoms with Gasteiger partial charge in [0.25, 0.3) is 0 Å². The molecule has 0 fully saturated rings. The van der Waals surface area contributed by atoms with E-state index >= 15 is 0 Å². The molecule has 0 unspecified atom stereocenters. The summed E-state index contributed by atoms with van der Waals surface area (Å²) in [6, 6.07) is 4.65. The number of halogens is 3. The first kappa shape index (κ1) is 14.5. The Hall–Kier alpha value is -1.56. The number of rotatable bonds is 5. The highest BCUT2D eigenvalue weighted by Crippen LogP contribution is 2.29. The van der Waals surface area contributed by atoms with Crippen LogP contribution in [0.15, 0.2) is 24.3 Å². The maximum Gasteiger partial charge on any atom is 0.416 e. The Balaban J connectivity index is 2.51. The standard InChI is InChI=1S/C12H13F3O3/c1-2-4-11(16)18-17-8-9-5-3-6-10(7-9)12(13,14)15/h3,5-7H,2,4,8H2,1H3. The first-order valence-electron chi connectivity index (χ1n) is 5.42. The van der Waals surface area contributed by atoms with Crippen LogP contribution in [0, 0.1) is 0 Å². The van der Waals surface area contributed by atoms with Crippen LogP contribution in [0.1, 0.15) is 30.9 Å². The van der Waals surface area contributed by atoms with Gasteiger partial charge in [0.1, 0.15) is 6.61 Å². The Kier molecular flexibility index (Phi) is 5.15. The Morgan fingerprint density at radius 2 is 2.06 bits per heavy atom. The van der Waals surface area contributed by atoms with E-state index in [4.69, 9.17) is 0 Å². The molecule has 3 nitrogen and oxygen atoms in total. The van der Waals surface area contributed by atoms with Gasteiger partial charge in [0, 0.05) is 6.42 Å². The van der Waals surface area contributed by atoms with Crippen molar-refractivity contribution in [1.29, 1.82) is 0 Å². The minimum Gasteiger partial charge on any atom is -0.298 e. The zero-order valence-corrected chi connectivity index (χ0v) is 9.79. The molecule has 0 spiro atoms. The fourth-order valence-corrected chi connectivity index (χ4v) is 1.25. The predicted molar refractivity (Wildman–Crippen MR) is 57.2 cm³/mol. The molecular weight excluding hydrogens is 249 g/mol. The second kappa shape index (κ2) is 6.39. The van der Waals surface area contributed by atoms with Gasteiger partial charge in [-0.25, -0.2) is 4.79 Å². The van der Waals surface area contributed by atoms with Crippen LogP contribution in [0.25, 0.3) is 0 Å². The van der Waals surface area contributed by atoms with E-state index in [1.807, 2.05) is 0 Å². The van der Waals surface area contributed by atoms with Crippen LogP contribution in [0.3, 0.4) is 0 Å². The van der Waals surface area contributed by atoms with Gasteiger partial charge in [-0.2, -0.15) is 18.1 Å². The molecule has 18 heavy (non-hydrogen) atoms. The Labute approximate surface area is 102 Å². The van der Waals surface area contributed by atoms with Crippen molar-refractivity contribution in [3.63, 3.8) is 0 Å². The molecule has 0 aromatic heterocycles. The van der Waals surface area contributed by atoms with Crippen LogP contribution in [0.2, 0.25) is 0 Å². The molecule has 1 aromatic carbocycles. The van der Waals surface area contributed by atoms with Crippen molar-refractivity contribution in [3.05, 3.63) is 35.4 Å². The molecule has 1 rings (SSSR count). The van der Waals surface area contributed by atoms with Gasteiger partial charge in [-0.15, -0.1) is 0 Å². The third-order valence-corrected chi connectivity index (χ3v) is 2.09. The topological polar surface area (TPSA) is 35.5 Å². The van der Waals surface area contributed by atoms with Crippen molar-refractivity contribution < 1.29 is 27.7 Å². The lowest BCUT2D eigenvalue weighted by Crippen LogP contribution is -2.07. The summed E-state index contributed by atoms with van der Waals surface area (Å²) in [6.07, 6.45) is -3.57. The van der Waals surface area contributed by atoms with E-state index in [1.54, 1.807) is 6.92 Å². The lowest BCUT2D eigenvalue weighted by Gasteiger charge is -2.08. The third kappa shape index (κ3) is 4.75. The summed E-state index contributed by atoms with van der Waals surface area (Å²) >= 11 is 0. The summed E-state index contributed by atoms with van der Waals surface area (Å²) in [4.78, 5) is 19.9. The fourth-order valence-electron chi connectivity index (χ4n) is 1.25. The molecule has 6 heteroatoms. The lowest BCUT2D eigenvalue weighted by molar-refractivity contribution is -0.280. The normalized spacial score (nSPS) is 11.3. The number of hydrogen-bond donors (Lipinski definition) is 0. The van der Waals surface area contributed by atoms with Gasteiger partial charge in [0.2, 0.25) is 0 Å². The average molecular weight is 262 g/mol. The first-order valence-corrected chi connectivity index (χ1v) is 5.42. The van der Waals surface area contributed by atoms with Gasteiger partial charge in [0.15, 0.2) is 0 Å². The number of carbonyl (C=O) groups excluding carboxylic acids is 1. The zero-order chi connectivity index (χ0) is 13.6. The average Bonchev–Trinajstić information content (AvgIpc) is 2.29. The molecule has 100 valence electrons. The van der Waals surface area contributed by atoms with Crippen molar-refractivity contribution in [2.45, 2.75) is 32.5 Å². The van der Waals surface area contributed by atoms with E-state index in [0.717, 1.165) is 12.1 Å². The maximum absolute atomic E-state index is 12.4. The van der Waals surface area contributed by atoms with Crippen LogP contribution in [0.5, 0.6) is 0 Å². The fraction of sp³-hybridized carbons (Fsp3) is 0.417. The van der Waals surface area contributed by atoms with Gasteiger partial charge >= 0.3 is 12.1 Å². The maximum atomic E-state index is 12.4. The third-order valence-electron chi connectivity index (χ3n) is 2.09. The number of hydrogen-bond acceptors (Lipinski definition) is 3.